The number of amides is 1. The molecule has 0 aliphatic rings. The number of aliphatic hydroxyl groups excluding tert-OH is 1. The number of hydrogen-bond acceptors (Lipinski definition) is 5. The number of nitrogens with one attached hydrogen (secondary N) is 1. The molecule has 6 heteroatoms. The number of esters is 1. The van der Waals surface area contributed by atoms with Gasteiger partial charge in [-0.1, -0.05) is 13.3 Å². The van der Waals surface area contributed by atoms with Crippen LogP contribution in [0.4, 0.5) is 4.79 Å². The molecule has 0 aromatic carbocycles. The summed E-state index contributed by atoms with van der Waals surface area (Å²) in [6, 6.07) is -0.869. The summed E-state index contributed by atoms with van der Waals surface area (Å²) in [4.78, 5) is 23.0. The highest BCUT2D eigenvalue weighted by Gasteiger charge is 2.23. The Bertz CT molecular complexity index is 255. The van der Waals surface area contributed by atoms with E-state index in [9.17, 15) is 9.59 Å². The summed E-state index contributed by atoms with van der Waals surface area (Å²) in [6.07, 6.45) is 0.866. The van der Waals surface area contributed by atoms with Gasteiger partial charge in [-0.05, 0) is 20.3 Å². The van der Waals surface area contributed by atoms with E-state index in [0.717, 1.165) is 12.8 Å². The highest BCUT2D eigenvalue weighted by atomic mass is 16.6. The Hall–Kier alpha value is -1.30. The Kier molecular flexibility index (Phi) is 9.00. The highest BCUT2D eigenvalue weighted by molar-refractivity contribution is 5.81. The zero-order valence-corrected chi connectivity index (χ0v) is 11.3. The minimum absolute atomic E-state index is 0.106. The van der Waals surface area contributed by atoms with E-state index in [-0.39, 0.29) is 19.1 Å². The minimum atomic E-state index is -0.869. The summed E-state index contributed by atoms with van der Waals surface area (Å²) < 4.78 is 9.85. The fourth-order valence-corrected chi connectivity index (χ4v) is 1.19. The van der Waals surface area contributed by atoms with Crippen molar-refractivity contribution in [2.45, 2.75) is 52.2 Å². The molecule has 18 heavy (non-hydrogen) atoms. The van der Waals surface area contributed by atoms with Gasteiger partial charge in [0.25, 0.3) is 0 Å². The highest BCUT2D eigenvalue weighted by Crippen LogP contribution is 2.00. The van der Waals surface area contributed by atoms with Crippen molar-refractivity contribution in [2.75, 3.05) is 13.2 Å². The largest absolute Gasteiger partial charge is 0.461 e. The molecule has 2 N–H and O–H groups in total. The van der Waals surface area contributed by atoms with Gasteiger partial charge < -0.3 is 19.9 Å². The summed E-state index contributed by atoms with van der Waals surface area (Å²) >= 11 is 0. The van der Waals surface area contributed by atoms with Crippen molar-refractivity contribution in [1.82, 2.24) is 5.32 Å². The van der Waals surface area contributed by atoms with Gasteiger partial charge in [0.2, 0.25) is 0 Å². The molecule has 1 amide bonds. The molecule has 0 fully saturated rings. The first-order chi connectivity index (χ1) is 8.51. The molecule has 1 atom stereocenters. The van der Waals surface area contributed by atoms with Crippen LogP contribution in [0.1, 0.15) is 40.0 Å². The van der Waals surface area contributed by atoms with Crippen molar-refractivity contribution in [2.24, 2.45) is 0 Å². The van der Waals surface area contributed by atoms with E-state index >= 15 is 0 Å². The van der Waals surface area contributed by atoms with Crippen LogP contribution in [0.15, 0.2) is 0 Å². The molecule has 0 aromatic rings. The maximum absolute atomic E-state index is 11.6. The molecule has 0 spiro atoms. The van der Waals surface area contributed by atoms with Crippen molar-refractivity contribution in [3.63, 3.8) is 0 Å². The lowest BCUT2D eigenvalue weighted by molar-refractivity contribution is -0.150. The zero-order chi connectivity index (χ0) is 14.0. The molecule has 0 aliphatic carbocycles. The van der Waals surface area contributed by atoms with Crippen molar-refractivity contribution in [1.29, 1.82) is 0 Å². The number of rotatable bonds is 8. The van der Waals surface area contributed by atoms with Crippen LogP contribution in [-0.4, -0.2) is 42.5 Å². The average molecular weight is 261 g/mol. The van der Waals surface area contributed by atoms with Gasteiger partial charge >= 0.3 is 12.1 Å². The van der Waals surface area contributed by atoms with Crippen LogP contribution < -0.4 is 5.32 Å². The second-order valence-electron chi connectivity index (χ2n) is 4.18. The van der Waals surface area contributed by atoms with Crippen LogP contribution in [0.3, 0.4) is 0 Å². The van der Waals surface area contributed by atoms with Crippen molar-refractivity contribution >= 4 is 12.1 Å². The van der Waals surface area contributed by atoms with Gasteiger partial charge in [-0.25, -0.2) is 9.59 Å². The van der Waals surface area contributed by atoms with Gasteiger partial charge in [0.1, 0.15) is 6.04 Å². The molecular weight excluding hydrogens is 238 g/mol. The van der Waals surface area contributed by atoms with E-state index in [1.54, 1.807) is 13.8 Å². The first-order valence-electron chi connectivity index (χ1n) is 6.25. The third-order valence-electron chi connectivity index (χ3n) is 2.08. The lowest BCUT2D eigenvalue weighted by Crippen LogP contribution is -2.43. The lowest BCUT2D eigenvalue weighted by Gasteiger charge is -2.18. The number of alkyl carbamates (subject to hydrolysis) is 1. The normalized spacial score (nSPS) is 12.1. The first kappa shape index (κ1) is 16.7. The Morgan fingerprint density at radius 1 is 1.33 bits per heavy atom. The topological polar surface area (TPSA) is 84.9 Å². The van der Waals surface area contributed by atoms with Crippen LogP contribution in [0.2, 0.25) is 0 Å². The van der Waals surface area contributed by atoms with Crippen molar-refractivity contribution < 1.29 is 24.2 Å². The fraction of sp³-hybridized carbons (Fsp3) is 0.833. The number of ether oxygens (including phenoxy) is 2. The molecular formula is C12H23NO5. The molecule has 0 heterocycles. The third-order valence-corrected chi connectivity index (χ3v) is 2.08. The SMILES string of the molecule is CCCCOC(=O)NC(CCO)C(=O)OC(C)C. The van der Waals surface area contributed by atoms with Crippen LogP contribution >= 0.6 is 0 Å². The maximum Gasteiger partial charge on any atom is 0.407 e. The molecule has 0 radical (unpaired) electrons. The molecule has 0 aromatic heterocycles. The molecule has 0 saturated heterocycles. The predicted molar refractivity (Wildman–Crippen MR) is 66.1 cm³/mol. The van der Waals surface area contributed by atoms with Gasteiger partial charge in [0.15, 0.2) is 0 Å². The summed E-state index contributed by atoms with van der Waals surface area (Å²) in [5.41, 5.74) is 0. The second-order valence-corrected chi connectivity index (χ2v) is 4.18. The molecule has 6 nitrogen and oxygen atoms in total. The van der Waals surface area contributed by atoms with Gasteiger partial charge in [0.05, 0.1) is 12.7 Å². The number of unbranched alkanes of at least 4 members (excludes halogenated alkanes) is 1. The van der Waals surface area contributed by atoms with Gasteiger partial charge in [0, 0.05) is 13.0 Å². The van der Waals surface area contributed by atoms with Crippen LogP contribution in [0, 0.1) is 0 Å². The van der Waals surface area contributed by atoms with E-state index < -0.39 is 18.1 Å². The Labute approximate surface area is 108 Å². The van der Waals surface area contributed by atoms with E-state index in [1.807, 2.05) is 6.92 Å². The van der Waals surface area contributed by atoms with Gasteiger partial charge in [-0.3, -0.25) is 0 Å². The number of carbonyl (C=O) groups is 2. The molecule has 0 saturated carbocycles. The molecule has 0 bridgehead atoms. The number of aliphatic hydroxyl groups is 1. The van der Waals surface area contributed by atoms with Crippen LogP contribution in [0.5, 0.6) is 0 Å². The van der Waals surface area contributed by atoms with Gasteiger partial charge in [-0.15, -0.1) is 0 Å². The Morgan fingerprint density at radius 3 is 2.50 bits per heavy atom. The van der Waals surface area contributed by atoms with E-state index in [0.29, 0.717) is 6.61 Å². The van der Waals surface area contributed by atoms with Crippen molar-refractivity contribution in [3.8, 4) is 0 Å². The second kappa shape index (κ2) is 9.70. The number of hydrogen-bond donors (Lipinski definition) is 2. The molecule has 106 valence electrons. The van der Waals surface area contributed by atoms with E-state index in [1.165, 1.54) is 0 Å². The standard InChI is InChI=1S/C12H23NO5/c1-4-5-8-17-12(16)13-10(6-7-14)11(15)18-9(2)3/h9-10,14H,4-8H2,1-3H3,(H,13,16). The van der Waals surface area contributed by atoms with Crippen molar-refractivity contribution in [3.05, 3.63) is 0 Å². The lowest BCUT2D eigenvalue weighted by atomic mass is 10.2. The molecule has 1 unspecified atom stereocenters. The summed E-state index contributed by atoms with van der Waals surface area (Å²) in [6.45, 7) is 5.51. The van der Waals surface area contributed by atoms with Crippen LogP contribution in [-0.2, 0) is 14.3 Å². The quantitative estimate of drug-likeness (QED) is 0.507. The summed E-state index contributed by atoms with van der Waals surface area (Å²) in [5, 5.41) is 11.2. The molecule has 0 aliphatic heterocycles. The third kappa shape index (κ3) is 7.89. The fourth-order valence-electron chi connectivity index (χ4n) is 1.19. The van der Waals surface area contributed by atoms with Gasteiger partial charge in [-0.2, -0.15) is 0 Å². The monoisotopic (exact) mass is 261 g/mol. The van der Waals surface area contributed by atoms with E-state index in [4.69, 9.17) is 14.6 Å². The molecule has 0 rings (SSSR count). The summed E-state index contributed by atoms with van der Waals surface area (Å²) in [5.74, 6) is -0.563. The summed E-state index contributed by atoms with van der Waals surface area (Å²) in [7, 11) is 0. The Morgan fingerprint density at radius 2 is 2.00 bits per heavy atom. The predicted octanol–water partition coefficient (Wildman–Crippen LogP) is 1.22. The smallest absolute Gasteiger partial charge is 0.407 e. The van der Waals surface area contributed by atoms with Crippen LogP contribution in [0.25, 0.3) is 0 Å². The number of carbonyl (C=O) groups excluding carboxylic acids is 2. The van der Waals surface area contributed by atoms with E-state index in [2.05, 4.69) is 5.32 Å². The zero-order valence-electron chi connectivity index (χ0n) is 11.3. The first-order valence-corrected chi connectivity index (χ1v) is 6.25. The Balaban J connectivity index is 4.16. The average Bonchev–Trinajstić information content (AvgIpc) is 2.28. The minimum Gasteiger partial charge on any atom is -0.461 e. The maximum atomic E-state index is 11.6.